The fraction of sp³-hybridized carbons (Fsp3) is 0.462. The summed E-state index contributed by atoms with van der Waals surface area (Å²) < 4.78 is 19.9. The first kappa shape index (κ1) is 24.6. The van der Waals surface area contributed by atoms with E-state index in [1.54, 1.807) is 28.9 Å². The summed E-state index contributed by atoms with van der Waals surface area (Å²) in [4.78, 5) is 29.6. The molecule has 2 aromatic carbocycles. The Morgan fingerprint density at radius 1 is 1.09 bits per heavy atom. The summed E-state index contributed by atoms with van der Waals surface area (Å²) in [6, 6.07) is 11.7. The summed E-state index contributed by atoms with van der Waals surface area (Å²) in [7, 11) is 0. The van der Waals surface area contributed by atoms with Gasteiger partial charge < -0.3 is 19.9 Å². The summed E-state index contributed by atoms with van der Waals surface area (Å²) in [5, 5.41) is 3.28. The number of rotatable bonds is 4. The van der Waals surface area contributed by atoms with Gasteiger partial charge in [0, 0.05) is 31.4 Å². The minimum Gasteiger partial charge on any atom is -0.444 e. The molecule has 0 aliphatic carbocycles. The van der Waals surface area contributed by atoms with Gasteiger partial charge in [0.15, 0.2) is 0 Å². The van der Waals surface area contributed by atoms with Crippen molar-refractivity contribution in [2.75, 3.05) is 25.0 Å². The molecule has 0 aromatic heterocycles. The number of nitrogens with zero attached hydrogens (tertiary/aromatic N) is 2. The number of hydrogen-bond donors (Lipinski definition) is 1. The number of halogens is 1. The van der Waals surface area contributed by atoms with E-state index in [1.807, 2.05) is 58.9 Å². The second kappa shape index (κ2) is 9.81. The van der Waals surface area contributed by atoms with Gasteiger partial charge in [0.1, 0.15) is 17.5 Å². The van der Waals surface area contributed by atoms with Crippen LogP contribution in [0.25, 0.3) is 0 Å². The lowest BCUT2D eigenvalue weighted by molar-refractivity contribution is -0.135. The number of aryl methyl sites for hydroxylation is 2. The molecule has 33 heavy (non-hydrogen) atoms. The van der Waals surface area contributed by atoms with Gasteiger partial charge >= 0.3 is 6.09 Å². The summed E-state index contributed by atoms with van der Waals surface area (Å²) in [6.45, 7) is 12.2. The van der Waals surface area contributed by atoms with Gasteiger partial charge in [0.25, 0.3) is 0 Å². The van der Waals surface area contributed by atoms with Crippen molar-refractivity contribution in [1.82, 2.24) is 9.80 Å². The van der Waals surface area contributed by atoms with Gasteiger partial charge in [0.2, 0.25) is 5.91 Å². The van der Waals surface area contributed by atoms with E-state index in [1.165, 1.54) is 6.07 Å². The van der Waals surface area contributed by atoms with Gasteiger partial charge in [-0.25, -0.2) is 9.18 Å². The lowest BCUT2D eigenvalue weighted by Gasteiger charge is -2.41. The van der Waals surface area contributed by atoms with Crippen molar-refractivity contribution in [1.29, 1.82) is 0 Å². The Morgan fingerprint density at radius 2 is 1.76 bits per heavy atom. The molecule has 0 bridgehead atoms. The molecular weight excluding hydrogens is 421 g/mol. The molecule has 1 N–H and O–H groups in total. The Kier molecular flexibility index (Phi) is 7.30. The summed E-state index contributed by atoms with van der Waals surface area (Å²) in [5.74, 6) is -0.506. The quantitative estimate of drug-likeness (QED) is 0.700. The molecule has 1 aliphatic heterocycles. The van der Waals surface area contributed by atoms with Crippen LogP contribution in [0.1, 0.15) is 50.4 Å². The van der Waals surface area contributed by atoms with E-state index >= 15 is 0 Å². The highest BCUT2D eigenvalue weighted by atomic mass is 19.1. The predicted octanol–water partition coefficient (Wildman–Crippen LogP) is 5.06. The number of nitrogens with one attached hydrogen (secondary N) is 1. The average molecular weight is 456 g/mol. The fourth-order valence-corrected chi connectivity index (χ4v) is 3.82. The van der Waals surface area contributed by atoms with E-state index < -0.39 is 11.6 Å². The molecule has 3 rings (SSSR count). The number of piperazine rings is 1. The second-order valence-electron chi connectivity index (χ2n) is 9.76. The van der Waals surface area contributed by atoms with Crippen molar-refractivity contribution >= 4 is 17.7 Å². The van der Waals surface area contributed by atoms with Crippen LogP contribution in [0.3, 0.4) is 0 Å². The summed E-state index contributed by atoms with van der Waals surface area (Å²) in [6.07, 6.45) is -0.378. The third-order valence-electron chi connectivity index (χ3n) is 5.71. The smallest absolute Gasteiger partial charge is 0.410 e. The highest BCUT2D eigenvalue weighted by molar-refractivity contribution is 5.86. The Bertz CT molecular complexity index is 1000. The van der Waals surface area contributed by atoms with E-state index in [-0.39, 0.29) is 23.9 Å². The second-order valence-corrected chi connectivity index (χ2v) is 9.76. The molecule has 0 radical (unpaired) electrons. The van der Waals surface area contributed by atoms with Gasteiger partial charge in [-0.2, -0.15) is 0 Å². The Morgan fingerprint density at radius 3 is 2.33 bits per heavy atom. The Hall–Kier alpha value is -3.09. The molecule has 2 atom stereocenters. The van der Waals surface area contributed by atoms with Crippen molar-refractivity contribution < 1.29 is 18.7 Å². The van der Waals surface area contributed by atoms with E-state index in [0.717, 1.165) is 11.3 Å². The van der Waals surface area contributed by atoms with Crippen molar-refractivity contribution in [3.05, 3.63) is 65.0 Å². The molecule has 1 fully saturated rings. The van der Waals surface area contributed by atoms with E-state index in [2.05, 4.69) is 5.32 Å². The van der Waals surface area contributed by atoms with Crippen LogP contribution in [-0.2, 0) is 9.53 Å². The minimum absolute atomic E-state index is 0.158. The van der Waals surface area contributed by atoms with Gasteiger partial charge in [-0.3, -0.25) is 4.79 Å². The van der Waals surface area contributed by atoms with Gasteiger partial charge in [-0.15, -0.1) is 0 Å². The minimum atomic E-state index is -0.747. The monoisotopic (exact) mass is 455 g/mol. The predicted molar refractivity (Wildman–Crippen MR) is 128 cm³/mol. The number of ether oxygens (including phenoxy) is 1. The van der Waals surface area contributed by atoms with Crippen molar-refractivity contribution in [2.45, 2.75) is 59.2 Å². The molecule has 7 heteroatoms. The SMILES string of the molecule is Cc1ccc(NC(C(=O)N2CCN(C(=O)OC(C)(C)C)[C@H](C)C2)c2ccc(C)c(F)c2)cc1. The summed E-state index contributed by atoms with van der Waals surface area (Å²) >= 11 is 0. The first-order chi connectivity index (χ1) is 15.4. The third kappa shape index (κ3) is 6.24. The normalized spacial score (nSPS) is 17.5. The van der Waals surface area contributed by atoms with Crippen LogP contribution < -0.4 is 5.32 Å². The van der Waals surface area contributed by atoms with Crippen molar-refractivity contribution in [3.63, 3.8) is 0 Å². The molecule has 0 spiro atoms. The van der Waals surface area contributed by atoms with Crippen LogP contribution in [-0.4, -0.2) is 53.1 Å². The molecular formula is C26H34FN3O3. The van der Waals surface area contributed by atoms with Crippen LogP contribution in [0.2, 0.25) is 0 Å². The number of carbonyl (C=O) groups is 2. The zero-order valence-electron chi connectivity index (χ0n) is 20.3. The summed E-state index contributed by atoms with van der Waals surface area (Å²) in [5.41, 5.74) is 2.39. The number of hydrogen-bond acceptors (Lipinski definition) is 4. The molecule has 1 heterocycles. The van der Waals surface area contributed by atoms with Gasteiger partial charge in [-0.05, 0) is 70.9 Å². The highest BCUT2D eigenvalue weighted by Gasteiger charge is 2.35. The Balaban J connectivity index is 1.80. The molecule has 0 saturated carbocycles. The van der Waals surface area contributed by atoms with E-state index in [4.69, 9.17) is 4.74 Å². The standard InChI is InChI=1S/C26H34FN3O3/c1-17-7-11-21(12-8-17)28-23(20-10-9-18(2)22(27)15-20)24(31)29-13-14-30(19(3)16-29)25(32)33-26(4,5)6/h7-12,15,19,23,28H,13-14,16H2,1-6H3/t19-,23?/m1/s1. The molecule has 1 unspecified atom stereocenters. The largest absolute Gasteiger partial charge is 0.444 e. The van der Waals surface area contributed by atoms with Crippen LogP contribution >= 0.6 is 0 Å². The zero-order chi connectivity index (χ0) is 24.3. The number of carbonyl (C=O) groups excluding carboxylic acids is 2. The first-order valence-corrected chi connectivity index (χ1v) is 11.3. The first-order valence-electron chi connectivity index (χ1n) is 11.3. The van der Waals surface area contributed by atoms with Crippen molar-refractivity contribution in [2.24, 2.45) is 0 Å². The van der Waals surface area contributed by atoms with Gasteiger partial charge in [0.05, 0.1) is 0 Å². The number of benzene rings is 2. The molecule has 2 aromatic rings. The highest BCUT2D eigenvalue weighted by Crippen LogP contribution is 2.26. The van der Waals surface area contributed by atoms with E-state index in [9.17, 15) is 14.0 Å². The maximum absolute atomic E-state index is 14.4. The van der Waals surface area contributed by atoms with Gasteiger partial charge in [-0.1, -0.05) is 29.8 Å². The lowest BCUT2D eigenvalue weighted by Crippen LogP contribution is -2.57. The third-order valence-corrected chi connectivity index (χ3v) is 5.71. The zero-order valence-corrected chi connectivity index (χ0v) is 20.3. The molecule has 2 amide bonds. The molecule has 6 nitrogen and oxygen atoms in total. The number of anilines is 1. The van der Waals surface area contributed by atoms with Crippen LogP contribution in [0.4, 0.5) is 14.9 Å². The van der Waals surface area contributed by atoms with Crippen LogP contribution in [0.15, 0.2) is 42.5 Å². The maximum Gasteiger partial charge on any atom is 0.410 e. The number of amides is 2. The molecule has 178 valence electrons. The lowest BCUT2D eigenvalue weighted by atomic mass is 10.0. The van der Waals surface area contributed by atoms with Crippen molar-refractivity contribution in [3.8, 4) is 0 Å². The van der Waals surface area contributed by atoms with E-state index in [0.29, 0.717) is 30.8 Å². The average Bonchev–Trinajstić information content (AvgIpc) is 2.73. The molecule has 1 saturated heterocycles. The maximum atomic E-state index is 14.4. The van der Waals surface area contributed by atoms with Crippen LogP contribution in [0.5, 0.6) is 0 Å². The topological polar surface area (TPSA) is 61.9 Å². The molecule has 1 aliphatic rings. The van der Waals surface area contributed by atoms with Crippen LogP contribution in [0, 0.1) is 19.7 Å². The fourth-order valence-electron chi connectivity index (χ4n) is 3.82. The Labute approximate surface area is 195 Å².